The summed E-state index contributed by atoms with van der Waals surface area (Å²) in [5.41, 5.74) is 5.99. The van der Waals surface area contributed by atoms with Gasteiger partial charge in [-0.25, -0.2) is 13.1 Å². The number of hydrogen-bond acceptors (Lipinski definition) is 3. The minimum atomic E-state index is -3.65. The Kier molecular flexibility index (Phi) is 6.75. The molecule has 0 aliphatic rings. The highest BCUT2D eigenvalue weighted by Crippen LogP contribution is 2.30. The molecular weight excluding hydrogens is 319 g/mol. The standard InChI is InChI=1S/C13H20Cl2N2O2S/c1-3-9(4-2)8-17-20(18,19)12-6-5-11(14)10(7-16)13(12)15/h5-6,9,17H,3-4,7-8,16H2,1-2H3. The minimum Gasteiger partial charge on any atom is -0.326 e. The Hall–Kier alpha value is -0.330. The fraction of sp³-hybridized carbons (Fsp3) is 0.538. The van der Waals surface area contributed by atoms with Crippen LogP contribution in [-0.4, -0.2) is 15.0 Å². The summed E-state index contributed by atoms with van der Waals surface area (Å²) in [5.74, 6) is 0.310. The van der Waals surface area contributed by atoms with Crippen molar-refractivity contribution in [2.45, 2.75) is 38.1 Å². The lowest BCUT2D eigenvalue weighted by atomic mass is 10.0. The van der Waals surface area contributed by atoms with E-state index in [1.807, 2.05) is 13.8 Å². The van der Waals surface area contributed by atoms with Gasteiger partial charge in [0.1, 0.15) is 4.90 Å². The first-order valence-corrected chi connectivity index (χ1v) is 8.77. The van der Waals surface area contributed by atoms with Gasteiger partial charge < -0.3 is 5.73 Å². The summed E-state index contributed by atoms with van der Waals surface area (Å²) in [7, 11) is -3.65. The van der Waals surface area contributed by atoms with E-state index in [0.29, 0.717) is 23.0 Å². The number of sulfonamides is 1. The van der Waals surface area contributed by atoms with Crippen molar-refractivity contribution < 1.29 is 8.42 Å². The van der Waals surface area contributed by atoms with Crippen LogP contribution in [0.3, 0.4) is 0 Å². The SMILES string of the molecule is CCC(CC)CNS(=O)(=O)c1ccc(Cl)c(CN)c1Cl. The molecule has 0 radical (unpaired) electrons. The average molecular weight is 339 g/mol. The molecule has 0 spiro atoms. The lowest BCUT2D eigenvalue weighted by Gasteiger charge is -2.15. The molecule has 0 amide bonds. The summed E-state index contributed by atoms with van der Waals surface area (Å²) in [6.45, 7) is 4.55. The van der Waals surface area contributed by atoms with Crippen molar-refractivity contribution in [2.75, 3.05) is 6.54 Å². The first-order chi connectivity index (χ1) is 9.37. The summed E-state index contributed by atoms with van der Waals surface area (Å²) >= 11 is 12.0. The lowest BCUT2D eigenvalue weighted by Crippen LogP contribution is -2.29. The number of rotatable bonds is 7. The van der Waals surface area contributed by atoms with Crippen LogP contribution in [0.2, 0.25) is 10.0 Å². The lowest BCUT2D eigenvalue weighted by molar-refractivity contribution is 0.479. The molecule has 0 fully saturated rings. The van der Waals surface area contributed by atoms with Crippen molar-refractivity contribution in [1.82, 2.24) is 4.72 Å². The summed E-state index contributed by atoms with van der Waals surface area (Å²) in [5, 5.41) is 0.466. The fourth-order valence-corrected chi connectivity index (χ4v) is 3.90. The van der Waals surface area contributed by atoms with Gasteiger partial charge in [0.2, 0.25) is 10.0 Å². The maximum atomic E-state index is 12.3. The monoisotopic (exact) mass is 338 g/mol. The highest BCUT2D eigenvalue weighted by Gasteiger charge is 2.21. The van der Waals surface area contributed by atoms with Crippen LogP contribution in [0, 0.1) is 5.92 Å². The highest BCUT2D eigenvalue weighted by atomic mass is 35.5. The number of nitrogens with one attached hydrogen (secondary N) is 1. The van der Waals surface area contributed by atoms with Gasteiger partial charge in [-0.1, -0.05) is 49.9 Å². The zero-order chi connectivity index (χ0) is 15.3. The zero-order valence-corrected chi connectivity index (χ0v) is 13.9. The van der Waals surface area contributed by atoms with E-state index < -0.39 is 10.0 Å². The number of halogens is 2. The average Bonchev–Trinajstić information content (AvgIpc) is 2.40. The Balaban J connectivity index is 3.04. The van der Waals surface area contributed by atoms with E-state index in [2.05, 4.69) is 4.72 Å². The van der Waals surface area contributed by atoms with Gasteiger partial charge in [-0.2, -0.15) is 0 Å². The number of nitrogens with two attached hydrogens (primary N) is 1. The van der Waals surface area contributed by atoms with Crippen LogP contribution < -0.4 is 10.5 Å². The molecule has 114 valence electrons. The quantitative estimate of drug-likeness (QED) is 0.801. The van der Waals surface area contributed by atoms with Gasteiger partial charge in [-0.3, -0.25) is 0 Å². The second-order valence-electron chi connectivity index (χ2n) is 4.58. The highest BCUT2D eigenvalue weighted by molar-refractivity contribution is 7.89. The van der Waals surface area contributed by atoms with Crippen LogP contribution in [0.1, 0.15) is 32.3 Å². The van der Waals surface area contributed by atoms with Gasteiger partial charge in [0.05, 0.1) is 5.02 Å². The molecule has 0 saturated carbocycles. The molecule has 0 bridgehead atoms. The molecule has 0 unspecified atom stereocenters. The van der Waals surface area contributed by atoms with Crippen molar-refractivity contribution in [3.8, 4) is 0 Å². The first kappa shape index (κ1) is 17.7. The third-order valence-corrected chi connectivity index (χ3v) is 5.72. The van der Waals surface area contributed by atoms with E-state index >= 15 is 0 Å². The molecule has 0 aromatic heterocycles. The minimum absolute atomic E-state index is 0.0231. The second kappa shape index (κ2) is 7.61. The largest absolute Gasteiger partial charge is 0.326 e. The molecule has 1 rings (SSSR count). The van der Waals surface area contributed by atoms with Crippen LogP contribution in [0.15, 0.2) is 17.0 Å². The van der Waals surface area contributed by atoms with Gasteiger partial charge in [-0.05, 0) is 18.1 Å². The topological polar surface area (TPSA) is 72.2 Å². The van der Waals surface area contributed by atoms with Crippen LogP contribution in [0.5, 0.6) is 0 Å². The van der Waals surface area contributed by atoms with Crippen LogP contribution in [-0.2, 0) is 16.6 Å². The first-order valence-electron chi connectivity index (χ1n) is 6.53. The third-order valence-electron chi connectivity index (χ3n) is 3.36. The molecule has 0 saturated heterocycles. The normalized spacial score (nSPS) is 12.1. The second-order valence-corrected chi connectivity index (χ2v) is 7.10. The summed E-state index contributed by atoms with van der Waals surface area (Å²) < 4.78 is 27.2. The van der Waals surface area contributed by atoms with Gasteiger partial charge in [0.25, 0.3) is 0 Å². The van der Waals surface area contributed by atoms with Gasteiger partial charge in [-0.15, -0.1) is 0 Å². The predicted molar refractivity (Wildman–Crippen MR) is 83.6 cm³/mol. The van der Waals surface area contributed by atoms with E-state index in [4.69, 9.17) is 28.9 Å². The van der Waals surface area contributed by atoms with Gasteiger partial charge >= 0.3 is 0 Å². The van der Waals surface area contributed by atoms with Crippen molar-refractivity contribution >= 4 is 33.2 Å². The molecule has 3 N–H and O–H groups in total. The number of hydrogen-bond donors (Lipinski definition) is 2. The predicted octanol–water partition coefficient (Wildman–Crippen LogP) is 3.17. The van der Waals surface area contributed by atoms with Crippen molar-refractivity contribution in [2.24, 2.45) is 11.7 Å². The van der Waals surface area contributed by atoms with E-state index in [1.165, 1.54) is 12.1 Å². The Morgan fingerprint density at radius 3 is 2.35 bits per heavy atom. The molecule has 1 aromatic carbocycles. The van der Waals surface area contributed by atoms with Crippen molar-refractivity contribution in [3.05, 3.63) is 27.7 Å². The van der Waals surface area contributed by atoms with Crippen LogP contribution in [0.25, 0.3) is 0 Å². The van der Waals surface area contributed by atoms with E-state index in [-0.39, 0.29) is 16.5 Å². The smallest absolute Gasteiger partial charge is 0.242 e. The summed E-state index contributed by atoms with van der Waals surface area (Å²) in [4.78, 5) is 0.0231. The molecule has 0 aliphatic heterocycles. The number of benzene rings is 1. The van der Waals surface area contributed by atoms with Gasteiger partial charge in [0.15, 0.2) is 0 Å². The van der Waals surface area contributed by atoms with Gasteiger partial charge in [0, 0.05) is 23.7 Å². The Morgan fingerprint density at radius 2 is 1.85 bits per heavy atom. The zero-order valence-electron chi connectivity index (χ0n) is 11.6. The maximum absolute atomic E-state index is 12.3. The Morgan fingerprint density at radius 1 is 1.25 bits per heavy atom. The molecular formula is C13H20Cl2N2O2S. The van der Waals surface area contributed by atoms with Crippen LogP contribution in [0.4, 0.5) is 0 Å². The third kappa shape index (κ3) is 4.09. The molecule has 1 aromatic rings. The van der Waals surface area contributed by atoms with Crippen LogP contribution >= 0.6 is 23.2 Å². The molecule has 4 nitrogen and oxygen atoms in total. The van der Waals surface area contributed by atoms with Crippen molar-refractivity contribution in [3.63, 3.8) is 0 Å². The fourth-order valence-electron chi connectivity index (χ4n) is 1.85. The Bertz CT molecular complexity index is 558. The maximum Gasteiger partial charge on any atom is 0.242 e. The molecule has 0 aliphatic carbocycles. The van der Waals surface area contributed by atoms with E-state index in [9.17, 15) is 8.42 Å². The molecule has 0 atom stereocenters. The summed E-state index contributed by atoms with van der Waals surface area (Å²) in [6.07, 6.45) is 1.84. The molecule has 20 heavy (non-hydrogen) atoms. The molecule has 0 heterocycles. The van der Waals surface area contributed by atoms with Crippen molar-refractivity contribution in [1.29, 1.82) is 0 Å². The molecule has 7 heteroatoms. The summed E-state index contributed by atoms with van der Waals surface area (Å²) in [6, 6.07) is 2.90. The van der Waals surface area contributed by atoms with E-state index in [1.54, 1.807) is 0 Å². The Labute approximate surface area is 130 Å². The van der Waals surface area contributed by atoms with E-state index in [0.717, 1.165) is 12.8 Å².